The Morgan fingerprint density at radius 2 is 1.82 bits per heavy atom. The van der Waals surface area contributed by atoms with Gasteiger partial charge in [-0.25, -0.2) is 4.57 Å². The molecule has 0 saturated carbocycles. The molecule has 0 bridgehead atoms. The van der Waals surface area contributed by atoms with Gasteiger partial charge in [-0.2, -0.15) is 0 Å². The summed E-state index contributed by atoms with van der Waals surface area (Å²) in [5, 5.41) is 17.9. The second-order valence-electron chi connectivity index (χ2n) is 4.45. The van der Waals surface area contributed by atoms with Crippen molar-refractivity contribution in [3.63, 3.8) is 0 Å². The monoisotopic (exact) mass is 343 g/mol. The van der Waals surface area contributed by atoms with Gasteiger partial charge in [0, 0.05) is 6.42 Å². The number of carboxylic acid groups (broad SMARTS) is 1. The van der Waals surface area contributed by atoms with E-state index in [1.165, 1.54) is 0 Å². The van der Waals surface area contributed by atoms with Crippen LogP contribution in [0.4, 0.5) is 0 Å². The summed E-state index contributed by atoms with van der Waals surface area (Å²) < 4.78 is 24.9. The van der Waals surface area contributed by atoms with Crippen molar-refractivity contribution in [1.82, 2.24) is 0 Å². The molecule has 3 unspecified atom stereocenters. The third kappa shape index (κ3) is 10.7. The lowest BCUT2D eigenvalue weighted by Gasteiger charge is -2.16. The summed E-state index contributed by atoms with van der Waals surface area (Å²) in [4.78, 5) is 30.8. The van der Waals surface area contributed by atoms with E-state index in [1.54, 1.807) is 0 Å². The number of carbonyl (C=O) groups is 2. The lowest BCUT2D eigenvalue weighted by atomic mass is 10.2. The largest absolute Gasteiger partial charge is 0.480 e. The minimum absolute atomic E-state index is 0.221. The van der Waals surface area contributed by atoms with Gasteiger partial charge in [0.1, 0.15) is 18.8 Å². The van der Waals surface area contributed by atoms with E-state index >= 15 is 0 Å². The number of carbonyl (C=O) groups excluding carboxylic acids is 1. The van der Waals surface area contributed by atoms with Gasteiger partial charge in [-0.05, 0) is 6.42 Å². The normalized spacial score (nSPS) is 16.5. The highest BCUT2D eigenvalue weighted by Gasteiger charge is 2.26. The Morgan fingerprint density at radius 1 is 1.23 bits per heavy atom. The van der Waals surface area contributed by atoms with Crippen molar-refractivity contribution in [2.75, 3.05) is 19.8 Å². The Hall–Kier alpha value is -1.03. The number of hydrogen-bond acceptors (Lipinski definition) is 8. The minimum Gasteiger partial charge on any atom is -0.480 e. The van der Waals surface area contributed by atoms with Crippen LogP contribution >= 0.6 is 7.82 Å². The van der Waals surface area contributed by atoms with Crippen LogP contribution in [0.25, 0.3) is 0 Å². The zero-order chi connectivity index (χ0) is 17.2. The van der Waals surface area contributed by atoms with Gasteiger partial charge in [-0.3, -0.25) is 18.6 Å². The van der Waals surface area contributed by atoms with Gasteiger partial charge in [0.15, 0.2) is 0 Å². The Morgan fingerprint density at radius 3 is 2.36 bits per heavy atom. The summed E-state index contributed by atoms with van der Waals surface area (Å²) in [5.41, 5.74) is 5.08. The molecule has 0 saturated heterocycles. The molecule has 10 nitrogen and oxygen atoms in total. The lowest BCUT2D eigenvalue weighted by Crippen LogP contribution is -2.34. The second kappa shape index (κ2) is 10.7. The molecular weight excluding hydrogens is 321 g/mol. The number of esters is 1. The van der Waals surface area contributed by atoms with Crippen LogP contribution in [0.3, 0.4) is 0 Å². The number of carboxylic acids is 1. The highest BCUT2D eigenvalue weighted by Crippen LogP contribution is 2.43. The molecule has 11 heteroatoms. The predicted molar refractivity (Wildman–Crippen MR) is 73.8 cm³/mol. The Bertz CT molecular complexity index is 403. The third-order valence-corrected chi connectivity index (χ3v) is 3.29. The molecule has 0 aliphatic carbocycles. The van der Waals surface area contributed by atoms with Gasteiger partial charge in [0.25, 0.3) is 0 Å². The molecule has 130 valence electrons. The molecule has 0 aromatic heterocycles. The topological polar surface area (TPSA) is 166 Å². The van der Waals surface area contributed by atoms with Crippen molar-refractivity contribution in [2.24, 2.45) is 5.73 Å². The summed E-state index contributed by atoms with van der Waals surface area (Å²) in [6.45, 7) is 0.157. The van der Waals surface area contributed by atoms with Gasteiger partial charge < -0.3 is 25.6 Å². The summed E-state index contributed by atoms with van der Waals surface area (Å²) >= 11 is 0. The lowest BCUT2D eigenvalue weighted by molar-refractivity contribution is -0.147. The molecule has 22 heavy (non-hydrogen) atoms. The van der Waals surface area contributed by atoms with Crippen molar-refractivity contribution < 1.29 is 43.0 Å². The first-order chi connectivity index (χ1) is 10.2. The van der Waals surface area contributed by atoms with Crippen LogP contribution in [-0.2, 0) is 27.9 Å². The Labute approximate surface area is 127 Å². The average molecular weight is 343 g/mol. The van der Waals surface area contributed by atoms with E-state index in [1.807, 2.05) is 6.92 Å². The number of phosphoric ester groups is 1. The molecular formula is C11H22NO9P. The first-order valence-electron chi connectivity index (χ1n) is 6.62. The Kier molecular flexibility index (Phi) is 10.2. The predicted octanol–water partition coefficient (Wildman–Crippen LogP) is -0.374. The summed E-state index contributed by atoms with van der Waals surface area (Å²) in [5.74, 6) is -1.89. The number of phosphoric acid groups is 1. The fourth-order valence-corrected chi connectivity index (χ4v) is 1.88. The summed E-state index contributed by atoms with van der Waals surface area (Å²) in [6.07, 6.45) is 0.389. The molecule has 0 aliphatic heterocycles. The fourth-order valence-electron chi connectivity index (χ4n) is 1.09. The standard InChI is InChI=1S/C11H22NO9P/c1-2-3-4-10(14)19-5-8(13)6-20-22(17,18)21-7-9(12)11(15)16/h8-9,13H,2-7,12H2,1H3,(H,15,16)(H,17,18). The van der Waals surface area contributed by atoms with Crippen LogP contribution < -0.4 is 5.73 Å². The van der Waals surface area contributed by atoms with Crippen molar-refractivity contribution in [3.05, 3.63) is 0 Å². The van der Waals surface area contributed by atoms with Crippen molar-refractivity contribution in [3.8, 4) is 0 Å². The number of ether oxygens (including phenoxy) is 1. The van der Waals surface area contributed by atoms with Crippen LogP contribution in [0.1, 0.15) is 26.2 Å². The number of aliphatic hydroxyl groups is 1. The maximum Gasteiger partial charge on any atom is 0.472 e. The second-order valence-corrected chi connectivity index (χ2v) is 5.90. The zero-order valence-corrected chi connectivity index (χ0v) is 13.1. The van der Waals surface area contributed by atoms with Crippen LogP contribution in [-0.4, -0.2) is 59.0 Å². The number of hydrogen-bond donors (Lipinski definition) is 4. The highest BCUT2D eigenvalue weighted by molar-refractivity contribution is 7.47. The van der Waals surface area contributed by atoms with E-state index in [-0.39, 0.29) is 6.42 Å². The van der Waals surface area contributed by atoms with E-state index in [4.69, 9.17) is 15.6 Å². The summed E-state index contributed by atoms with van der Waals surface area (Å²) in [6, 6.07) is -1.48. The molecule has 3 atom stereocenters. The molecule has 0 heterocycles. The number of nitrogens with two attached hydrogens (primary N) is 1. The fraction of sp³-hybridized carbons (Fsp3) is 0.818. The molecule has 0 aromatic rings. The van der Waals surface area contributed by atoms with Crippen LogP contribution in [0.5, 0.6) is 0 Å². The van der Waals surface area contributed by atoms with E-state index in [0.717, 1.165) is 6.42 Å². The molecule has 0 amide bonds. The van der Waals surface area contributed by atoms with Crippen LogP contribution in [0, 0.1) is 0 Å². The maximum atomic E-state index is 11.4. The van der Waals surface area contributed by atoms with Gasteiger partial charge in [-0.15, -0.1) is 0 Å². The number of unbranched alkanes of at least 4 members (excludes halogenated alkanes) is 1. The zero-order valence-electron chi connectivity index (χ0n) is 12.2. The highest BCUT2D eigenvalue weighted by atomic mass is 31.2. The molecule has 0 rings (SSSR count). The average Bonchev–Trinajstić information content (AvgIpc) is 2.46. The Balaban J connectivity index is 3.96. The number of aliphatic carboxylic acids is 1. The van der Waals surface area contributed by atoms with E-state index in [0.29, 0.717) is 6.42 Å². The molecule has 0 radical (unpaired) electrons. The SMILES string of the molecule is CCCCC(=O)OCC(O)COP(=O)(O)OCC(N)C(=O)O. The third-order valence-electron chi connectivity index (χ3n) is 2.34. The van der Waals surface area contributed by atoms with E-state index in [2.05, 4.69) is 9.05 Å². The van der Waals surface area contributed by atoms with E-state index in [9.17, 15) is 24.2 Å². The van der Waals surface area contributed by atoms with Crippen molar-refractivity contribution in [1.29, 1.82) is 0 Å². The van der Waals surface area contributed by atoms with Gasteiger partial charge in [-0.1, -0.05) is 13.3 Å². The molecule has 0 spiro atoms. The molecule has 5 N–H and O–H groups in total. The van der Waals surface area contributed by atoms with Crippen LogP contribution in [0.15, 0.2) is 0 Å². The number of aliphatic hydroxyl groups excluding tert-OH is 1. The first-order valence-corrected chi connectivity index (χ1v) is 8.11. The number of rotatable bonds is 12. The molecule has 0 aromatic carbocycles. The molecule has 0 fully saturated rings. The van der Waals surface area contributed by atoms with Crippen molar-refractivity contribution >= 4 is 19.8 Å². The summed E-state index contributed by atoms with van der Waals surface area (Å²) in [7, 11) is -4.55. The molecule has 0 aliphatic rings. The van der Waals surface area contributed by atoms with Gasteiger partial charge in [0.05, 0.1) is 13.2 Å². The first kappa shape index (κ1) is 21.0. The van der Waals surface area contributed by atoms with Crippen molar-refractivity contribution in [2.45, 2.75) is 38.3 Å². The smallest absolute Gasteiger partial charge is 0.472 e. The van der Waals surface area contributed by atoms with Gasteiger partial charge in [0.2, 0.25) is 0 Å². The van der Waals surface area contributed by atoms with Crippen LogP contribution in [0.2, 0.25) is 0 Å². The van der Waals surface area contributed by atoms with E-state index < -0.39 is 51.7 Å². The maximum absolute atomic E-state index is 11.4. The van der Waals surface area contributed by atoms with Gasteiger partial charge >= 0.3 is 19.8 Å². The minimum atomic E-state index is -4.55. The quantitative estimate of drug-likeness (QED) is 0.271.